The SMILES string of the molecule is CC(C)COc1ccc(-c2cc(C(=O)O)nn2-c2ccccc2)cc1. The minimum absolute atomic E-state index is 0.0130. The number of benzene rings is 2. The molecular formula is C20H20N2O3. The van der Waals surface area contributed by atoms with Crippen LogP contribution in [0, 0.1) is 5.92 Å². The summed E-state index contributed by atoms with van der Waals surface area (Å²) >= 11 is 0. The van der Waals surface area contributed by atoms with E-state index in [1.165, 1.54) is 0 Å². The third-order valence-electron chi connectivity index (χ3n) is 3.66. The minimum Gasteiger partial charge on any atom is -0.493 e. The zero-order valence-electron chi connectivity index (χ0n) is 14.2. The number of rotatable bonds is 6. The summed E-state index contributed by atoms with van der Waals surface area (Å²) in [5, 5.41) is 13.5. The highest BCUT2D eigenvalue weighted by Crippen LogP contribution is 2.26. The molecule has 0 saturated carbocycles. The molecule has 1 aromatic heterocycles. The molecule has 0 spiro atoms. The molecule has 3 aromatic rings. The van der Waals surface area contributed by atoms with Crippen molar-refractivity contribution in [2.45, 2.75) is 13.8 Å². The highest BCUT2D eigenvalue weighted by atomic mass is 16.5. The van der Waals surface area contributed by atoms with E-state index in [1.54, 1.807) is 10.7 Å². The quantitative estimate of drug-likeness (QED) is 0.730. The van der Waals surface area contributed by atoms with Crippen molar-refractivity contribution in [3.05, 3.63) is 66.4 Å². The highest BCUT2D eigenvalue weighted by Gasteiger charge is 2.16. The molecule has 0 aliphatic rings. The molecular weight excluding hydrogens is 316 g/mol. The lowest BCUT2D eigenvalue weighted by atomic mass is 10.1. The molecule has 0 bridgehead atoms. The number of hydrogen-bond donors (Lipinski definition) is 1. The largest absolute Gasteiger partial charge is 0.493 e. The predicted octanol–water partition coefficient (Wildman–Crippen LogP) is 4.27. The number of carboxylic acids is 1. The number of ether oxygens (including phenoxy) is 1. The third kappa shape index (κ3) is 3.88. The Balaban J connectivity index is 1.97. The normalized spacial score (nSPS) is 10.8. The molecule has 0 saturated heterocycles. The van der Waals surface area contributed by atoms with Crippen molar-refractivity contribution in [3.63, 3.8) is 0 Å². The van der Waals surface area contributed by atoms with Crippen molar-refractivity contribution in [1.29, 1.82) is 0 Å². The molecule has 5 nitrogen and oxygen atoms in total. The van der Waals surface area contributed by atoms with E-state index in [0.717, 1.165) is 22.7 Å². The molecule has 0 amide bonds. The Kier molecular flexibility index (Phi) is 4.84. The van der Waals surface area contributed by atoms with Gasteiger partial charge in [-0.3, -0.25) is 0 Å². The highest BCUT2D eigenvalue weighted by molar-refractivity contribution is 5.87. The first-order valence-electron chi connectivity index (χ1n) is 8.16. The van der Waals surface area contributed by atoms with Crippen LogP contribution in [0.25, 0.3) is 16.9 Å². The van der Waals surface area contributed by atoms with Crippen LogP contribution in [0.3, 0.4) is 0 Å². The molecule has 0 atom stereocenters. The van der Waals surface area contributed by atoms with Crippen LogP contribution in [0.1, 0.15) is 24.3 Å². The summed E-state index contributed by atoms with van der Waals surface area (Å²) in [6.45, 7) is 4.85. The van der Waals surface area contributed by atoms with Gasteiger partial charge in [-0.1, -0.05) is 32.0 Å². The molecule has 128 valence electrons. The second-order valence-corrected chi connectivity index (χ2v) is 6.20. The fraction of sp³-hybridized carbons (Fsp3) is 0.200. The van der Waals surface area contributed by atoms with Gasteiger partial charge in [0.2, 0.25) is 0 Å². The smallest absolute Gasteiger partial charge is 0.356 e. The maximum absolute atomic E-state index is 11.3. The van der Waals surface area contributed by atoms with E-state index in [0.29, 0.717) is 12.5 Å². The van der Waals surface area contributed by atoms with Gasteiger partial charge >= 0.3 is 5.97 Å². The molecule has 0 fully saturated rings. The lowest BCUT2D eigenvalue weighted by Crippen LogP contribution is -2.04. The first-order valence-corrected chi connectivity index (χ1v) is 8.16. The Morgan fingerprint density at radius 2 is 1.80 bits per heavy atom. The van der Waals surface area contributed by atoms with Gasteiger partial charge in [-0.05, 0) is 48.4 Å². The average molecular weight is 336 g/mol. The van der Waals surface area contributed by atoms with Crippen molar-refractivity contribution in [3.8, 4) is 22.7 Å². The van der Waals surface area contributed by atoms with Gasteiger partial charge in [0.1, 0.15) is 5.75 Å². The van der Waals surface area contributed by atoms with Gasteiger partial charge in [-0.15, -0.1) is 0 Å². The maximum atomic E-state index is 11.3. The van der Waals surface area contributed by atoms with E-state index >= 15 is 0 Å². The fourth-order valence-electron chi connectivity index (χ4n) is 2.44. The molecule has 0 unspecified atom stereocenters. The molecule has 5 heteroatoms. The number of hydrogen-bond acceptors (Lipinski definition) is 3. The zero-order chi connectivity index (χ0) is 17.8. The van der Waals surface area contributed by atoms with E-state index in [-0.39, 0.29) is 5.69 Å². The Morgan fingerprint density at radius 1 is 1.12 bits per heavy atom. The van der Waals surface area contributed by atoms with E-state index in [1.807, 2.05) is 54.6 Å². The Labute approximate surface area is 146 Å². The second-order valence-electron chi connectivity index (χ2n) is 6.20. The summed E-state index contributed by atoms with van der Waals surface area (Å²) in [6.07, 6.45) is 0. The summed E-state index contributed by atoms with van der Waals surface area (Å²) in [4.78, 5) is 11.3. The molecule has 0 aliphatic heterocycles. The molecule has 0 radical (unpaired) electrons. The van der Waals surface area contributed by atoms with Crippen LogP contribution < -0.4 is 4.74 Å². The van der Waals surface area contributed by atoms with Crippen LogP contribution in [0.5, 0.6) is 5.75 Å². The molecule has 25 heavy (non-hydrogen) atoms. The lowest BCUT2D eigenvalue weighted by Gasteiger charge is -2.10. The number of carbonyl (C=O) groups is 1. The van der Waals surface area contributed by atoms with E-state index in [9.17, 15) is 9.90 Å². The van der Waals surface area contributed by atoms with Crippen LogP contribution in [0.4, 0.5) is 0 Å². The van der Waals surface area contributed by atoms with Crippen molar-refractivity contribution in [1.82, 2.24) is 9.78 Å². The van der Waals surface area contributed by atoms with Crippen LogP contribution >= 0.6 is 0 Å². The number of nitrogens with zero attached hydrogens (tertiary/aromatic N) is 2. The molecule has 0 aliphatic carbocycles. The van der Waals surface area contributed by atoms with Crippen LogP contribution in [-0.2, 0) is 0 Å². The minimum atomic E-state index is -1.05. The van der Waals surface area contributed by atoms with Gasteiger partial charge in [-0.25, -0.2) is 9.48 Å². The van der Waals surface area contributed by atoms with E-state index in [4.69, 9.17) is 4.74 Å². The summed E-state index contributed by atoms with van der Waals surface area (Å²) in [5.74, 6) is 0.201. The van der Waals surface area contributed by atoms with Crippen LogP contribution in [0.2, 0.25) is 0 Å². The van der Waals surface area contributed by atoms with Gasteiger partial charge in [0.25, 0.3) is 0 Å². The first-order chi connectivity index (χ1) is 12.0. The Morgan fingerprint density at radius 3 is 2.40 bits per heavy atom. The second kappa shape index (κ2) is 7.21. The van der Waals surface area contributed by atoms with Gasteiger partial charge in [0, 0.05) is 5.56 Å². The van der Waals surface area contributed by atoms with Crippen molar-refractivity contribution in [2.24, 2.45) is 5.92 Å². The number of para-hydroxylation sites is 1. The van der Waals surface area contributed by atoms with Gasteiger partial charge in [0.15, 0.2) is 5.69 Å². The predicted molar refractivity (Wildman–Crippen MR) is 96.3 cm³/mol. The summed E-state index contributed by atoms with van der Waals surface area (Å²) < 4.78 is 7.35. The third-order valence-corrected chi connectivity index (χ3v) is 3.66. The van der Waals surface area contributed by atoms with Gasteiger partial charge < -0.3 is 9.84 Å². The maximum Gasteiger partial charge on any atom is 0.356 e. The summed E-state index contributed by atoms with van der Waals surface area (Å²) in [7, 11) is 0. The number of aromatic nitrogens is 2. The Bertz CT molecular complexity index is 852. The lowest BCUT2D eigenvalue weighted by molar-refractivity contribution is 0.0690. The van der Waals surface area contributed by atoms with Gasteiger partial charge in [0.05, 0.1) is 18.0 Å². The average Bonchev–Trinajstić information content (AvgIpc) is 3.07. The van der Waals surface area contributed by atoms with Crippen LogP contribution in [0.15, 0.2) is 60.7 Å². The Hall–Kier alpha value is -3.08. The molecule has 1 heterocycles. The monoisotopic (exact) mass is 336 g/mol. The fourth-order valence-corrected chi connectivity index (χ4v) is 2.44. The summed E-state index contributed by atoms with van der Waals surface area (Å²) in [6, 6.07) is 18.7. The van der Waals surface area contributed by atoms with E-state index in [2.05, 4.69) is 18.9 Å². The van der Waals surface area contributed by atoms with Crippen LogP contribution in [-0.4, -0.2) is 27.5 Å². The number of carboxylic acid groups (broad SMARTS) is 1. The van der Waals surface area contributed by atoms with Gasteiger partial charge in [-0.2, -0.15) is 5.10 Å². The van der Waals surface area contributed by atoms with Crippen molar-refractivity contribution in [2.75, 3.05) is 6.61 Å². The topological polar surface area (TPSA) is 64.3 Å². The van der Waals surface area contributed by atoms with Crippen molar-refractivity contribution < 1.29 is 14.6 Å². The standard InChI is InChI=1S/C20H20N2O3/c1-14(2)13-25-17-10-8-15(9-11-17)19-12-18(20(23)24)21-22(19)16-6-4-3-5-7-16/h3-12,14H,13H2,1-2H3,(H,23,24). The molecule has 2 aromatic carbocycles. The molecule has 3 rings (SSSR count). The van der Waals surface area contributed by atoms with E-state index < -0.39 is 5.97 Å². The number of aromatic carboxylic acids is 1. The zero-order valence-corrected chi connectivity index (χ0v) is 14.2. The molecule has 1 N–H and O–H groups in total. The first kappa shape index (κ1) is 16.8. The van der Waals surface area contributed by atoms with Crippen molar-refractivity contribution >= 4 is 5.97 Å². The summed E-state index contributed by atoms with van der Waals surface area (Å²) in [5.41, 5.74) is 2.42.